The summed E-state index contributed by atoms with van der Waals surface area (Å²) < 4.78 is 34.3. The fourth-order valence-corrected chi connectivity index (χ4v) is 3.31. The van der Waals surface area contributed by atoms with Crippen LogP contribution in [0.25, 0.3) is 0 Å². The Morgan fingerprint density at radius 2 is 2.09 bits per heavy atom. The molecule has 0 aromatic heterocycles. The number of anilines is 1. The Morgan fingerprint density at radius 1 is 1.41 bits per heavy atom. The Balaban J connectivity index is 1.86. The molecule has 3 rings (SSSR count). The predicted molar refractivity (Wildman–Crippen MR) is 76.2 cm³/mol. The van der Waals surface area contributed by atoms with Gasteiger partial charge in [0.15, 0.2) is 0 Å². The fourth-order valence-electron chi connectivity index (χ4n) is 2.42. The molecule has 2 aliphatic rings. The van der Waals surface area contributed by atoms with Crippen LogP contribution in [0.5, 0.6) is 5.75 Å². The van der Waals surface area contributed by atoms with Gasteiger partial charge in [-0.15, -0.1) is 0 Å². The number of ether oxygens (including phenoxy) is 2. The molecule has 1 N–H and O–H groups in total. The molecule has 1 saturated heterocycles. The maximum absolute atomic E-state index is 12.2. The third-order valence-electron chi connectivity index (χ3n) is 3.70. The van der Waals surface area contributed by atoms with Gasteiger partial charge in [0.25, 0.3) is 5.91 Å². The van der Waals surface area contributed by atoms with E-state index in [1.54, 1.807) is 6.07 Å². The van der Waals surface area contributed by atoms with Crippen LogP contribution in [0.2, 0.25) is 0 Å². The minimum Gasteiger partial charge on any atom is -0.472 e. The first kappa shape index (κ1) is 14.8. The number of hydrogen-bond acceptors (Lipinski definition) is 6. The van der Waals surface area contributed by atoms with Crippen LogP contribution in [0.4, 0.5) is 5.69 Å². The minimum atomic E-state index is -3.35. The van der Waals surface area contributed by atoms with Gasteiger partial charge in [0.05, 0.1) is 37.7 Å². The Bertz CT molecular complexity index is 767. The Labute approximate surface area is 127 Å². The molecule has 1 fully saturated rings. The van der Waals surface area contributed by atoms with E-state index in [9.17, 15) is 18.0 Å². The summed E-state index contributed by atoms with van der Waals surface area (Å²) in [6.07, 6.45) is 1.08. The summed E-state index contributed by atoms with van der Waals surface area (Å²) in [5.41, 5.74) is -0.563. The zero-order chi connectivity index (χ0) is 16.1. The zero-order valence-corrected chi connectivity index (χ0v) is 12.8. The lowest BCUT2D eigenvalue weighted by Gasteiger charge is -2.48. The third kappa shape index (κ3) is 2.22. The van der Waals surface area contributed by atoms with E-state index in [1.165, 1.54) is 23.5 Å². The number of carbonyl (C=O) groups is 2. The smallest absolute Gasteiger partial charge is 0.337 e. The summed E-state index contributed by atoms with van der Waals surface area (Å²) in [6.45, 7) is -0.0638. The van der Waals surface area contributed by atoms with E-state index in [1.807, 2.05) is 0 Å². The summed E-state index contributed by atoms with van der Waals surface area (Å²) >= 11 is 0. The molecule has 118 valence electrons. The highest BCUT2D eigenvalue weighted by Crippen LogP contribution is 2.39. The number of nitrogens with one attached hydrogen (secondary N) is 1. The van der Waals surface area contributed by atoms with Gasteiger partial charge in [0.2, 0.25) is 15.6 Å². The van der Waals surface area contributed by atoms with Crippen molar-refractivity contribution in [1.82, 2.24) is 4.31 Å². The number of esters is 1. The van der Waals surface area contributed by atoms with E-state index < -0.39 is 27.5 Å². The maximum Gasteiger partial charge on any atom is 0.337 e. The van der Waals surface area contributed by atoms with Gasteiger partial charge in [-0.1, -0.05) is 0 Å². The van der Waals surface area contributed by atoms with E-state index in [0.717, 1.165) is 6.26 Å². The standard InChI is InChI=1S/C13H14N2O6S/c1-20-11(16)8-3-4-10-9(5-8)14-12(17)13(21-10)6-15(7-13)22(2,18)19/h3-5H,6-7H2,1-2H3,(H,14,17). The Hall–Kier alpha value is -2.13. The highest BCUT2D eigenvalue weighted by atomic mass is 32.2. The summed E-state index contributed by atoms with van der Waals surface area (Å²) in [7, 11) is -2.09. The monoisotopic (exact) mass is 326 g/mol. The number of rotatable bonds is 2. The van der Waals surface area contributed by atoms with Crippen molar-refractivity contribution in [2.24, 2.45) is 0 Å². The molecule has 1 spiro atoms. The topological polar surface area (TPSA) is 102 Å². The number of fused-ring (bicyclic) bond motifs is 1. The van der Waals surface area contributed by atoms with Gasteiger partial charge in [-0.2, -0.15) is 4.31 Å². The second-order valence-electron chi connectivity index (χ2n) is 5.28. The van der Waals surface area contributed by atoms with Crippen molar-refractivity contribution in [3.63, 3.8) is 0 Å². The molecule has 1 amide bonds. The molecule has 22 heavy (non-hydrogen) atoms. The SMILES string of the molecule is COC(=O)c1ccc2c(c1)NC(=O)C1(CN(S(C)(=O)=O)C1)O2. The summed E-state index contributed by atoms with van der Waals surface area (Å²) in [5.74, 6) is -0.563. The first-order valence-electron chi connectivity index (χ1n) is 6.43. The molecule has 0 atom stereocenters. The normalized spacial score (nSPS) is 19.6. The van der Waals surface area contributed by atoms with E-state index in [0.29, 0.717) is 11.4 Å². The molecule has 0 unspecified atom stereocenters. The van der Waals surface area contributed by atoms with E-state index in [-0.39, 0.29) is 18.7 Å². The number of nitrogens with zero attached hydrogens (tertiary/aromatic N) is 1. The van der Waals surface area contributed by atoms with Crippen molar-refractivity contribution < 1.29 is 27.5 Å². The number of carbonyl (C=O) groups excluding carboxylic acids is 2. The Kier molecular flexibility index (Phi) is 3.15. The highest BCUT2D eigenvalue weighted by Gasteiger charge is 2.56. The fraction of sp³-hybridized carbons (Fsp3) is 0.385. The Morgan fingerprint density at radius 3 is 2.68 bits per heavy atom. The van der Waals surface area contributed by atoms with Crippen LogP contribution in [-0.4, -0.2) is 56.7 Å². The quantitative estimate of drug-likeness (QED) is 0.756. The number of sulfonamides is 1. The number of amides is 1. The van der Waals surface area contributed by atoms with Gasteiger partial charge in [-0.05, 0) is 18.2 Å². The molecular weight excluding hydrogens is 312 g/mol. The number of methoxy groups -OCH3 is 1. The van der Waals surface area contributed by atoms with Gasteiger partial charge in [-0.25, -0.2) is 13.2 Å². The van der Waals surface area contributed by atoms with Gasteiger partial charge < -0.3 is 14.8 Å². The molecule has 1 aromatic rings. The average molecular weight is 326 g/mol. The van der Waals surface area contributed by atoms with Gasteiger partial charge in [-0.3, -0.25) is 4.79 Å². The lowest BCUT2D eigenvalue weighted by Crippen LogP contribution is -2.72. The zero-order valence-electron chi connectivity index (χ0n) is 12.0. The molecule has 1 aromatic carbocycles. The molecule has 2 aliphatic heterocycles. The van der Waals surface area contributed by atoms with Gasteiger partial charge >= 0.3 is 5.97 Å². The molecule has 8 nitrogen and oxygen atoms in total. The van der Waals surface area contributed by atoms with E-state index >= 15 is 0 Å². The molecular formula is C13H14N2O6S. The average Bonchev–Trinajstić information content (AvgIpc) is 2.41. The summed E-state index contributed by atoms with van der Waals surface area (Å²) in [6, 6.07) is 4.52. The maximum atomic E-state index is 12.2. The van der Waals surface area contributed by atoms with Crippen molar-refractivity contribution in [3.8, 4) is 5.75 Å². The van der Waals surface area contributed by atoms with Crippen LogP contribution in [0, 0.1) is 0 Å². The molecule has 0 radical (unpaired) electrons. The van der Waals surface area contributed by atoms with Crippen LogP contribution in [0.3, 0.4) is 0 Å². The number of benzene rings is 1. The van der Waals surface area contributed by atoms with E-state index in [4.69, 9.17) is 4.74 Å². The predicted octanol–water partition coefficient (Wildman–Crippen LogP) is -0.182. The van der Waals surface area contributed by atoms with Gasteiger partial charge in [0.1, 0.15) is 5.75 Å². The summed E-state index contributed by atoms with van der Waals surface area (Å²) in [5, 5.41) is 2.65. The number of hydrogen-bond donors (Lipinski definition) is 1. The second kappa shape index (κ2) is 4.68. The van der Waals surface area contributed by atoms with Crippen molar-refractivity contribution in [2.45, 2.75) is 5.60 Å². The van der Waals surface area contributed by atoms with Crippen molar-refractivity contribution >= 4 is 27.6 Å². The van der Waals surface area contributed by atoms with Crippen LogP contribution >= 0.6 is 0 Å². The molecule has 0 aliphatic carbocycles. The molecule has 2 heterocycles. The lowest BCUT2D eigenvalue weighted by molar-refractivity contribution is -0.142. The first-order chi connectivity index (χ1) is 10.2. The highest BCUT2D eigenvalue weighted by molar-refractivity contribution is 7.88. The first-order valence-corrected chi connectivity index (χ1v) is 8.28. The van der Waals surface area contributed by atoms with Crippen molar-refractivity contribution in [3.05, 3.63) is 23.8 Å². The summed E-state index contributed by atoms with van der Waals surface area (Å²) in [4.78, 5) is 23.7. The second-order valence-corrected chi connectivity index (χ2v) is 7.27. The van der Waals surface area contributed by atoms with Crippen LogP contribution < -0.4 is 10.1 Å². The largest absolute Gasteiger partial charge is 0.472 e. The van der Waals surface area contributed by atoms with E-state index in [2.05, 4.69) is 10.1 Å². The minimum absolute atomic E-state index is 0.0319. The molecule has 9 heteroatoms. The molecule has 0 bridgehead atoms. The van der Waals surface area contributed by atoms with Gasteiger partial charge in [0, 0.05) is 0 Å². The van der Waals surface area contributed by atoms with Crippen molar-refractivity contribution in [1.29, 1.82) is 0 Å². The van der Waals surface area contributed by atoms with Crippen LogP contribution in [0.15, 0.2) is 18.2 Å². The lowest BCUT2D eigenvalue weighted by atomic mass is 9.93. The third-order valence-corrected chi connectivity index (χ3v) is 4.90. The molecule has 0 saturated carbocycles. The van der Waals surface area contributed by atoms with Crippen molar-refractivity contribution in [2.75, 3.05) is 31.8 Å². The van der Waals surface area contributed by atoms with Crippen LogP contribution in [0.1, 0.15) is 10.4 Å². The van der Waals surface area contributed by atoms with Crippen LogP contribution in [-0.2, 0) is 19.6 Å².